The lowest BCUT2D eigenvalue weighted by Crippen LogP contribution is -2.35. The zero-order valence-electron chi connectivity index (χ0n) is 19.0. The summed E-state index contributed by atoms with van der Waals surface area (Å²) in [7, 11) is -2.30. The number of hydrogen-bond donors (Lipinski definition) is 2. The van der Waals surface area contributed by atoms with Gasteiger partial charge in [-0.2, -0.15) is 9.40 Å². The van der Waals surface area contributed by atoms with E-state index in [1.165, 1.54) is 24.4 Å². The Morgan fingerprint density at radius 2 is 1.82 bits per heavy atom. The highest BCUT2D eigenvalue weighted by molar-refractivity contribution is 7.89. The smallest absolute Gasteiger partial charge is 0.273 e. The molecular formula is C24H26N4O5S. The third-order valence-electron chi connectivity index (χ3n) is 5.74. The van der Waals surface area contributed by atoms with Gasteiger partial charge in [0.05, 0.1) is 12.8 Å². The highest BCUT2D eigenvalue weighted by Gasteiger charge is 2.29. The summed E-state index contributed by atoms with van der Waals surface area (Å²) in [4.78, 5) is 24.3. The number of benzene rings is 2. The third kappa shape index (κ3) is 4.87. The normalized spacial score (nSPS) is 14.5. The fourth-order valence-corrected chi connectivity index (χ4v) is 5.58. The number of carbonyl (C=O) groups excluding carboxylic acids is 2. The van der Waals surface area contributed by atoms with Crippen molar-refractivity contribution in [1.82, 2.24) is 14.5 Å². The van der Waals surface area contributed by atoms with E-state index in [-0.39, 0.29) is 22.1 Å². The van der Waals surface area contributed by atoms with Crippen molar-refractivity contribution in [1.29, 1.82) is 0 Å². The first-order chi connectivity index (χ1) is 16.3. The monoisotopic (exact) mass is 482 g/mol. The number of aromatic amines is 1. The van der Waals surface area contributed by atoms with Crippen LogP contribution in [0.2, 0.25) is 0 Å². The maximum absolute atomic E-state index is 13.3. The van der Waals surface area contributed by atoms with Gasteiger partial charge in [-0.15, -0.1) is 0 Å². The molecule has 34 heavy (non-hydrogen) atoms. The van der Waals surface area contributed by atoms with Crippen LogP contribution < -0.4 is 10.1 Å². The molecular weight excluding hydrogens is 456 g/mol. The first-order valence-electron chi connectivity index (χ1n) is 11.0. The van der Waals surface area contributed by atoms with Crippen LogP contribution in [0.5, 0.6) is 5.75 Å². The van der Waals surface area contributed by atoms with Gasteiger partial charge in [0.2, 0.25) is 10.0 Å². The van der Waals surface area contributed by atoms with E-state index in [0.717, 1.165) is 19.3 Å². The first kappa shape index (κ1) is 23.7. The number of H-pyrrole nitrogens is 1. The van der Waals surface area contributed by atoms with Crippen molar-refractivity contribution >= 4 is 27.4 Å². The Morgan fingerprint density at radius 1 is 1.06 bits per heavy atom. The van der Waals surface area contributed by atoms with Gasteiger partial charge in [-0.3, -0.25) is 14.7 Å². The highest BCUT2D eigenvalue weighted by atomic mass is 32.2. The number of nitrogens with zero attached hydrogens (tertiary/aromatic N) is 2. The third-order valence-corrected chi connectivity index (χ3v) is 7.66. The second kappa shape index (κ2) is 9.78. The molecule has 2 N–H and O–H groups in total. The van der Waals surface area contributed by atoms with E-state index in [1.54, 1.807) is 42.5 Å². The van der Waals surface area contributed by atoms with Gasteiger partial charge in [-0.25, -0.2) is 8.42 Å². The second-order valence-electron chi connectivity index (χ2n) is 8.09. The van der Waals surface area contributed by atoms with Gasteiger partial charge >= 0.3 is 0 Å². The molecule has 2 aromatic carbocycles. The molecule has 0 atom stereocenters. The standard InChI is InChI=1S/C24H26N4O5S/c1-16(29)17-7-6-8-19(13-17)25-24(30)21-15-20(26-27-21)18-9-10-22(33-2)23(14-18)34(31,32)28-11-4-3-5-12-28/h6-10,13-15H,3-5,11-12H2,1-2H3,(H,25,30)(H,26,27). The predicted molar refractivity (Wildman–Crippen MR) is 128 cm³/mol. The van der Waals surface area contributed by atoms with Crippen molar-refractivity contribution in [3.8, 4) is 17.0 Å². The van der Waals surface area contributed by atoms with E-state index < -0.39 is 15.9 Å². The Morgan fingerprint density at radius 3 is 2.53 bits per heavy atom. The number of amides is 1. The molecule has 1 aromatic heterocycles. The Labute approximate surface area is 198 Å². The number of ether oxygens (including phenoxy) is 1. The number of rotatable bonds is 7. The fraction of sp³-hybridized carbons (Fsp3) is 0.292. The van der Waals surface area contributed by atoms with Crippen molar-refractivity contribution in [3.05, 3.63) is 59.8 Å². The van der Waals surface area contributed by atoms with Crippen LogP contribution in [0.4, 0.5) is 5.69 Å². The van der Waals surface area contributed by atoms with E-state index in [2.05, 4.69) is 15.5 Å². The summed E-state index contributed by atoms with van der Waals surface area (Å²) in [6.45, 7) is 2.41. The molecule has 1 fully saturated rings. The number of Topliss-reactive ketones (excluding diaryl/α,β-unsaturated/α-hetero) is 1. The number of anilines is 1. The van der Waals surface area contributed by atoms with Crippen LogP contribution >= 0.6 is 0 Å². The Balaban J connectivity index is 1.59. The molecule has 1 amide bonds. The maximum atomic E-state index is 13.3. The number of ketones is 1. The first-order valence-corrected chi connectivity index (χ1v) is 12.4. The van der Waals surface area contributed by atoms with Gasteiger partial charge in [0.15, 0.2) is 5.78 Å². The zero-order chi connectivity index (χ0) is 24.3. The summed E-state index contributed by atoms with van der Waals surface area (Å²) in [5.41, 5.74) is 2.11. The number of methoxy groups -OCH3 is 1. The molecule has 2 heterocycles. The van der Waals surface area contributed by atoms with E-state index >= 15 is 0 Å². The van der Waals surface area contributed by atoms with Crippen molar-refractivity contribution in [2.75, 3.05) is 25.5 Å². The number of sulfonamides is 1. The average Bonchev–Trinajstić information content (AvgIpc) is 3.35. The van der Waals surface area contributed by atoms with Gasteiger partial charge in [-0.1, -0.05) is 18.6 Å². The van der Waals surface area contributed by atoms with Crippen LogP contribution in [0, 0.1) is 0 Å². The largest absolute Gasteiger partial charge is 0.495 e. The minimum atomic E-state index is -3.73. The molecule has 0 radical (unpaired) electrons. The lowest BCUT2D eigenvalue weighted by molar-refractivity contribution is 0.100. The Bertz CT molecular complexity index is 1330. The molecule has 1 aliphatic rings. The number of aromatic nitrogens is 2. The lowest BCUT2D eigenvalue weighted by atomic mass is 10.1. The molecule has 1 aliphatic heterocycles. The van der Waals surface area contributed by atoms with Crippen molar-refractivity contribution < 1.29 is 22.7 Å². The maximum Gasteiger partial charge on any atom is 0.273 e. The summed E-state index contributed by atoms with van der Waals surface area (Å²) < 4.78 is 33.4. The Kier molecular flexibility index (Phi) is 6.80. The SMILES string of the molecule is COc1ccc(-c2cc(C(=O)Nc3cccc(C(C)=O)c3)[nH]n2)cc1S(=O)(=O)N1CCCCC1. The van der Waals surface area contributed by atoms with E-state index in [0.29, 0.717) is 35.6 Å². The summed E-state index contributed by atoms with van der Waals surface area (Å²) in [6.07, 6.45) is 2.67. The molecule has 1 saturated heterocycles. The topological polar surface area (TPSA) is 121 Å². The zero-order valence-corrected chi connectivity index (χ0v) is 19.8. The summed E-state index contributed by atoms with van der Waals surface area (Å²) in [5.74, 6) is -0.281. The van der Waals surface area contributed by atoms with Crippen molar-refractivity contribution in [2.24, 2.45) is 0 Å². The summed E-state index contributed by atoms with van der Waals surface area (Å²) in [6, 6.07) is 13.0. The molecule has 0 bridgehead atoms. The molecule has 0 unspecified atom stereocenters. The molecule has 0 spiro atoms. The molecule has 178 valence electrons. The van der Waals surface area contributed by atoms with Gasteiger partial charge in [0.25, 0.3) is 5.91 Å². The van der Waals surface area contributed by atoms with Crippen LogP contribution in [-0.2, 0) is 10.0 Å². The summed E-state index contributed by atoms with van der Waals surface area (Å²) in [5, 5.41) is 9.62. The van der Waals surface area contributed by atoms with Gasteiger partial charge < -0.3 is 10.1 Å². The van der Waals surface area contributed by atoms with Crippen molar-refractivity contribution in [3.63, 3.8) is 0 Å². The molecule has 3 aromatic rings. The summed E-state index contributed by atoms with van der Waals surface area (Å²) >= 11 is 0. The number of piperidine rings is 1. The van der Waals surface area contributed by atoms with Gasteiger partial charge in [0.1, 0.15) is 16.3 Å². The van der Waals surface area contributed by atoms with Crippen LogP contribution in [0.1, 0.15) is 47.0 Å². The van der Waals surface area contributed by atoms with Gasteiger partial charge in [-0.05, 0) is 56.2 Å². The molecule has 10 heteroatoms. The number of nitrogens with one attached hydrogen (secondary N) is 2. The highest BCUT2D eigenvalue weighted by Crippen LogP contribution is 2.32. The van der Waals surface area contributed by atoms with Crippen LogP contribution in [-0.4, -0.2) is 54.8 Å². The number of hydrogen-bond acceptors (Lipinski definition) is 6. The minimum Gasteiger partial charge on any atom is -0.495 e. The van der Waals surface area contributed by atoms with E-state index in [1.807, 2.05) is 0 Å². The van der Waals surface area contributed by atoms with Gasteiger partial charge in [0, 0.05) is 29.9 Å². The van der Waals surface area contributed by atoms with Crippen molar-refractivity contribution in [2.45, 2.75) is 31.1 Å². The lowest BCUT2D eigenvalue weighted by Gasteiger charge is -2.26. The van der Waals surface area contributed by atoms with E-state index in [4.69, 9.17) is 4.74 Å². The Hall–Kier alpha value is -3.50. The van der Waals surface area contributed by atoms with Crippen LogP contribution in [0.25, 0.3) is 11.3 Å². The number of carbonyl (C=O) groups is 2. The van der Waals surface area contributed by atoms with Crippen LogP contribution in [0.3, 0.4) is 0 Å². The second-order valence-corrected chi connectivity index (χ2v) is 9.99. The van der Waals surface area contributed by atoms with Crippen LogP contribution in [0.15, 0.2) is 53.4 Å². The molecule has 0 saturated carbocycles. The average molecular weight is 483 g/mol. The molecule has 0 aliphatic carbocycles. The quantitative estimate of drug-likeness (QED) is 0.495. The van der Waals surface area contributed by atoms with E-state index in [9.17, 15) is 18.0 Å². The molecule has 4 rings (SSSR count). The fourth-order valence-electron chi connectivity index (χ4n) is 3.88. The minimum absolute atomic E-state index is 0.0736. The predicted octanol–water partition coefficient (Wildman–Crippen LogP) is 3.71. The molecule has 9 nitrogen and oxygen atoms in total.